The smallest absolute Gasteiger partial charge is 0.125 e. The summed E-state index contributed by atoms with van der Waals surface area (Å²) in [5, 5.41) is 12.3. The molecular formula is C14H11N3O. The normalized spacial score (nSPS) is 12.5. The predicted octanol–water partition coefficient (Wildman–Crippen LogP) is 2.11. The van der Waals surface area contributed by atoms with Gasteiger partial charge < -0.3 is 5.11 Å². The van der Waals surface area contributed by atoms with Crippen molar-refractivity contribution in [3.63, 3.8) is 0 Å². The molecule has 1 N–H and O–H groups in total. The number of nitrogens with zero attached hydrogens (tertiary/aromatic N) is 3. The highest BCUT2D eigenvalue weighted by Crippen LogP contribution is 2.25. The lowest BCUT2D eigenvalue weighted by Crippen LogP contribution is -2.04. The van der Waals surface area contributed by atoms with Gasteiger partial charge in [-0.05, 0) is 11.5 Å². The Bertz CT molecular complexity index is 665. The molecule has 1 atom stereocenters. The molecule has 4 nitrogen and oxygen atoms in total. The van der Waals surface area contributed by atoms with Crippen LogP contribution in [0.4, 0.5) is 0 Å². The van der Waals surface area contributed by atoms with Crippen molar-refractivity contribution in [2.24, 2.45) is 0 Å². The number of rotatable bonds is 2. The maximum atomic E-state index is 10.3. The zero-order chi connectivity index (χ0) is 12.4. The Labute approximate surface area is 104 Å². The van der Waals surface area contributed by atoms with Gasteiger partial charge in [0, 0.05) is 29.5 Å². The van der Waals surface area contributed by atoms with Crippen LogP contribution in [0.15, 0.2) is 55.2 Å². The molecule has 3 aromatic rings. The van der Waals surface area contributed by atoms with Crippen LogP contribution in [0.1, 0.15) is 17.4 Å². The molecule has 18 heavy (non-hydrogen) atoms. The zero-order valence-electron chi connectivity index (χ0n) is 9.56. The summed E-state index contributed by atoms with van der Waals surface area (Å²) >= 11 is 0. The molecule has 0 aliphatic heterocycles. The number of aromatic nitrogens is 3. The first-order chi connectivity index (χ1) is 8.86. The maximum Gasteiger partial charge on any atom is 0.125 e. The molecule has 0 aliphatic carbocycles. The first-order valence-corrected chi connectivity index (χ1v) is 5.63. The molecule has 0 saturated heterocycles. The van der Waals surface area contributed by atoms with E-state index in [1.54, 1.807) is 18.6 Å². The summed E-state index contributed by atoms with van der Waals surface area (Å²) in [7, 11) is 0. The van der Waals surface area contributed by atoms with Gasteiger partial charge in [0.05, 0.1) is 5.69 Å². The highest BCUT2D eigenvalue weighted by Gasteiger charge is 2.15. The second-order valence-electron chi connectivity index (χ2n) is 3.99. The Hall–Kier alpha value is -2.33. The van der Waals surface area contributed by atoms with Gasteiger partial charge in [-0.2, -0.15) is 0 Å². The molecule has 0 bridgehead atoms. The number of hydrogen-bond acceptors (Lipinski definition) is 4. The Morgan fingerprint density at radius 1 is 1.00 bits per heavy atom. The van der Waals surface area contributed by atoms with Crippen molar-refractivity contribution in [1.82, 2.24) is 15.0 Å². The molecule has 0 fully saturated rings. The van der Waals surface area contributed by atoms with Gasteiger partial charge in [0.25, 0.3) is 0 Å². The van der Waals surface area contributed by atoms with E-state index in [0.29, 0.717) is 11.3 Å². The van der Waals surface area contributed by atoms with E-state index in [4.69, 9.17) is 0 Å². The number of fused-ring (bicyclic) bond motifs is 1. The molecule has 0 spiro atoms. The lowest BCUT2D eigenvalue weighted by molar-refractivity contribution is 0.216. The molecule has 1 aromatic carbocycles. The van der Waals surface area contributed by atoms with E-state index in [0.717, 1.165) is 10.8 Å². The third-order valence-electron chi connectivity index (χ3n) is 2.86. The Kier molecular flexibility index (Phi) is 2.70. The molecule has 4 heteroatoms. The average molecular weight is 237 g/mol. The van der Waals surface area contributed by atoms with Crippen LogP contribution in [-0.2, 0) is 0 Å². The predicted molar refractivity (Wildman–Crippen MR) is 67.8 cm³/mol. The van der Waals surface area contributed by atoms with Gasteiger partial charge >= 0.3 is 0 Å². The summed E-state index contributed by atoms with van der Waals surface area (Å²) in [6.45, 7) is 0. The third-order valence-corrected chi connectivity index (χ3v) is 2.86. The zero-order valence-corrected chi connectivity index (χ0v) is 9.56. The van der Waals surface area contributed by atoms with Crippen molar-refractivity contribution in [3.05, 3.63) is 66.5 Å². The van der Waals surface area contributed by atoms with E-state index >= 15 is 0 Å². The molecule has 88 valence electrons. The Morgan fingerprint density at radius 3 is 2.61 bits per heavy atom. The topological polar surface area (TPSA) is 58.9 Å². The van der Waals surface area contributed by atoms with Gasteiger partial charge in [-0.15, -0.1) is 0 Å². The van der Waals surface area contributed by atoms with Gasteiger partial charge in [-0.3, -0.25) is 4.98 Å². The van der Waals surface area contributed by atoms with Gasteiger partial charge in [0.15, 0.2) is 0 Å². The molecular weight excluding hydrogens is 226 g/mol. The van der Waals surface area contributed by atoms with E-state index in [-0.39, 0.29) is 0 Å². The van der Waals surface area contributed by atoms with Crippen molar-refractivity contribution >= 4 is 10.8 Å². The van der Waals surface area contributed by atoms with Gasteiger partial charge in [0.1, 0.15) is 12.4 Å². The van der Waals surface area contributed by atoms with Crippen molar-refractivity contribution in [3.8, 4) is 0 Å². The van der Waals surface area contributed by atoms with Crippen LogP contribution in [0.3, 0.4) is 0 Å². The van der Waals surface area contributed by atoms with Crippen LogP contribution in [0.2, 0.25) is 0 Å². The molecule has 0 aliphatic rings. The fraction of sp³-hybridized carbons (Fsp3) is 0.0714. The van der Waals surface area contributed by atoms with Crippen LogP contribution in [0.25, 0.3) is 10.8 Å². The van der Waals surface area contributed by atoms with Crippen LogP contribution >= 0.6 is 0 Å². The fourth-order valence-electron chi connectivity index (χ4n) is 1.97. The van der Waals surface area contributed by atoms with Gasteiger partial charge in [-0.1, -0.05) is 24.3 Å². The number of hydrogen-bond donors (Lipinski definition) is 1. The summed E-state index contributed by atoms with van der Waals surface area (Å²) < 4.78 is 0. The Morgan fingerprint density at radius 2 is 1.78 bits per heavy atom. The largest absolute Gasteiger partial charge is 0.382 e. The molecule has 3 rings (SSSR count). The van der Waals surface area contributed by atoms with Gasteiger partial charge in [0.2, 0.25) is 0 Å². The highest BCUT2D eigenvalue weighted by atomic mass is 16.3. The fourth-order valence-corrected chi connectivity index (χ4v) is 1.97. The second-order valence-corrected chi connectivity index (χ2v) is 3.99. The quantitative estimate of drug-likeness (QED) is 0.741. The van der Waals surface area contributed by atoms with Crippen molar-refractivity contribution < 1.29 is 5.11 Å². The maximum absolute atomic E-state index is 10.3. The van der Waals surface area contributed by atoms with Crippen LogP contribution in [-0.4, -0.2) is 20.1 Å². The minimum absolute atomic E-state index is 0.628. The minimum Gasteiger partial charge on any atom is -0.382 e. The molecule has 1 unspecified atom stereocenters. The number of aliphatic hydroxyl groups excluding tert-OH is 1. The first kappa shape index (κ1) is 10.8. The Balaban J connectivity index is 2.15. The number of aliphatic hydroxyl groups is 1. The second kappa shape index (κ2) is 4.50. The van der Waals surface area contributed by atoms with Gasteiger partial charge in [-0.25, -0.2) is 9.97 Å². The summed E-state index contributed by atoms with van der Waals surface area (Å²) in [6.07, 6.45) is 5.52. The summed E-state index contributed by atoms with van der Waals surface area (Å²) in [5.41, 5.74) is 1.27. The van der Waals surface area contributed by atoms with E-state index in [2.05, 4.69) is 15.0 Å². The van der Waals surface area contributed by atoms with E-state index in [9.17, 15) is 5.11 Å². The monoisotopic (exact) mass is 237 g/mol. The SMILES string of the molecule is OC(c1cncnc1)c1nccc2ccccc12. The van der Waals surface area contributed by atoms with Crippen LogP contribution < -0.4 is 0 Å². The van der Waals surface area contributed by atoms with E-state index in [1.807, 2.05) is 30.3 Å². The highest BCUT2D eigenvalue weighted by molar-refractivity contribution is 5.84. The third kappa shape index (κ3) is 1.83. The van der Waals surface area contributed by atoms with Crippen molar-refractivity contribution in [2.75, 3.05) is 0 Å². The molecule has 0 amide bonds. The summed E-state index contributed by atoms with van der Waals surface area (Å²) in [6, 6.07) is 9.76. The van der Waals surface area contributed by atoms with Crippen molar-refractivity contribution in [1.29, 1.82) is 0 Å². The molecule has 0 saturated carbocycles. The standard InChI is InChI=1S/C14H11N3O/c18-14(11-7-15-9-16-8-11)13-12-4-2-1-3-10(12)5-6-17-13/h1-9,14,18H. The van der Waals surface area contributed by atoms with Crippen LogP contribution in [0.5, 0.6) is 0 Å². The van der Waals surface area contributed by atoms with Crippen molar-refractivity contribution in [2.45, 2.75) is 6.10 Å². The summed E-state index contributed by atoms with van der Waals surface area (Å²) in [5.74, 6) is 0. The first-order valence-electron chi connectivity index (χ1n) is 5.63. The molecule has 0 radical (unpaired) electrons. The lowest BCUT2D eigenvalue weighted by atomic mass is 10.0. The van der Waals surface area contributed by atoms with E-state index < -0.39 is 6.10 Å². The minimum atomic E-state index is -0.808. The molecule has 2 aromatic heterocycles. The number of pyridine rings is 1. The van der Waals surface area contributed by atoms with E-state index in [1.165, 1.54) is 6.33 Å². The lowest BCUT2D eigenvalue weighted by Gasteiger charge is -2.12. The summed E-state index contributed by atoms with van der Waals surface area (Å²) in [4.78, 5) is 12.1. The average Bonchev–Trinajstić information content (AvgIpc) is 2.47. The van der Waals surface area contributed by atoms with Crippen LogP contribution in [0, 0.1) is 0 Å². The molecule has 2 heterocycles. The number of benzene rings is 1.